The molecule has 3 aliphatic heterocycles. The van der Waals surface area contributed by atoms with Gasteiger partial charge in [-0.25, -0.2) is 0 Å². The van der Waals surface area contributed by atoms with E-state index in [0.717, 1.165) is 0 Å². The van der Waals surface area contributed by atoms with Crippen LogP contribution in [0, 0.1) is 17.8 Å². The first-order valence-corrected chi connectivity index (χ1v) is 34.2. The molecule has 3 rings (SSSR count). The molecule has 0 bridgehead atoms. The van der Waals surface area contributed by atoms with Crippen molar-refractivity contribution in [2.24, 2.45) is 17.8 Å². The summed E-state index contributed by atoms with van der Waals surface area (Å²) in [5.41, 5.74) is 0. The zero-order valence-corrected chi connectivity index (χ0v) is 59.8. The van der Waals surface area contributed by atoms with Crippen molar-refractivity contribution in [3.05, 3.63) is 0 Å². The van der Waals surface area contributed by atoms with E-state index in [2.05, 4.69) is 26.6 Å². The summed E-state index contributed by atoms with van der Waals surface area (Å²) in [5, 5.41) is 24.8. The molecule has 0 saturated carbocycles. The van der Waals surface area contributed by atoms with Crippen LogP contribution in [0.15, 0.2) is 0 Å². The quantitative estimate of drug-likeness (QED) is 0.0282. The van der Waals surface area contributed by atoms with Crippen molar-refractivity contribution < 1.29 is 124 Å². The van der Waals surface area contributed by atoms with Crippen LogP contribution in [0.3, 0.4) is 0 Å². The molecule has 6 N–H and O–H groups in total. The molecule has 16 atom stereocenters. The summed E-state index contributed by atoms with van der Waals surface area (Å²) in [4.78, 5) is 165. The van der Waals surface area contributed by atoms with Gasteiger partial charge in [0, 0.05) is 158 Å². The molecule has 7 unspecified atom stereocenters. The highest BCUT2D eigenvalue weighted by Crippen LogP contribution is 2.33. The number of amides is 7. The van der Waals surface area contributed by atoms with Crippen LogP contribution in [0.4, 0.5) is 0 Å². The van der Waals surface area contributed by atoms with Gasteiger partial charge in [0.2, 0.25) is 35.4 Å². The van der Waals surface area contributed by atoms with Gasteiger partial charge in [0.15, 0.2) is 18.9 Å². The highest BCUT2D eigenvalue weighted by Gasteiger charge is 2.50. The van der Waals surface area contributed by atoms with Crippen LogP contribution in [-0.4, -0.2) is 251 Å². The van der Waals surface area contributed by atoms with Crippen LogP contribution >= 0.6 is 0 Å². The number of ether oxygens (including phenoxy) is 12. The van der Waals surface area contributed by atoms with Crippen LogP contribution in [-0.2, 0) is 119 Å². The molecule has 33 nitrogen and oxygen atoms in total. The highest BCUT2D eigenvalue weighted by atomic mass is 16.7. The summed E-state index contributed by atoms with van der Waals surface area (Å²) in [6, 6.07) is -2.25. The van der Waals surface area contributed by atoms with Gasteiger partial charge in [-0.05, 0) is 57.8 Å². The predicted octanol–water partition coefficient (Wildman–Crippen LogP) is 1.07. The highest BCUT2D eigenvalue weighted by molar-refractivity contribution is 5.81. The van der Waals surface area contributed by atoms with Gasteiger partial charge >= 0.3 is 35.8 Å². The minimum atomic E-state index is -1.31. The first kappa shape index (κ1) is 86.1. The summed E-state index contributed by atoms with van der Waals surface area (Å²) in [6.45, 7) is 18.5. The van der Waals surface area contributed by atoms with Gasteiger partial charge in [0.25, 0.3) is 5.91 Å². The summed E-state index contributed by atoms with van der Waals surface area (Å²) < 4.78 is 68.7. The van der Waals surface area contributed by atoms with E-state index in [1.54, 1.807) is 32.6 Å². The Labute approximate surface area is 579 Å². The maximum Gasteiger partial charge on any atom is 0.303 e. The number of nitrogens with zero attached hydrogens (tertiary/aromatic N) is 2. The molecule has 3 heterocycles. The molecular formula is C66H109N7O26. The van der Waals surface area contributed by atoms with E-state index in [1.165, 1.54) is 67.2 Å². The van der Waals surface area contributed by atoms with E-state index in [-0.39, 0.29) is 141 Å². The number of esters is 6. The Morgan fingerprint density at radius 3 is 1.08 bits per heavy atom. The summed E-state index contributed by atoms with van der Waals surface area (Å²) >= 11 is 0. The lowest BCUT2D eigenvalue weighted by Crippen LogP contribution is -2.62. The van der Waals surface area contributed by atoms with E-state index >= 15 is 0 Å². The van der Waals surface area contributed by atoms with Crippen molar-refractivity contribution in [3.63, 3.8) is 0 Å². The molecule has 33 heteroatoms. The number of nitrogens with one attached hydrogen (secondary N) is 5. The molecule has 99 heavy (non-hydrogen) atoms. The smallest absolute Gasteiger partial charge is 0.303 e. The second-order valence-electron chi connectivity index (χ2n) is 25.0. The normalized spacial score (nSPS) is 25.2. The third-order valence-corrected chi connectivity index (χ3v) is 16.6. The van der Waals surface area contributed by atoms with E-state index < -0.39 is 145 Å². The first-order chi connectivity index (χ1) is 46.8. The summed E-state index contributed by atoms with van der Waals surface area (Å²) in [5.74, 6) is -7.62. The number of aliphatic hydroxyl groups excluding tert-OH is 1. The fourth-order valence-corrected chi connectivity index (χ4v) is 11.7. The lowest BCUT2D eigenvalue weighted by Gasteiger charge is -2.44. The van der Waals surface area contributed by atoms with E-state index in [0.29, 0.717) is 44.9 Å². The van der Waals surface area contributed by atoms with E-state index in [4.69, 9.17) is 56.8 Å². The van der Waals surface area contributed by atoms with Crippen molar-refractivity contribution in [2.45, 2.75) is 247 Å². The SMILES string of the molecule is CCC(O)C(=O)N(CCCNC(=O)CCCCO[C@@H]1OC(COC(C)=O)[C@H](OC(C)=O)[C@H](C)C1NC(C)=O)CCCN(CCNC(=O)CCCCO[C@@H]1OC(COC(C)=O)[C@H](OC(C)=O)[C@H](C)C1NC(C)=O)C(=O)CCCCO[C@@H]1OC(COC(C)=O)[C@H](OC(C)=O)[C@H](C)C1NC(C)=O. The molecule has 0 aromatic rings. The van der Waals surface area contributed by atoms with Gasteiger partial charge in [0.1, 0.15) is 62.5 Å². The molecule has 564 valence electrons. The molecule has 7 amide bonds. The number of carbonyl (C=O) groups is 13. The summed E-state index contributed by atoms with van der Waals surface area (Å²) in [6.07, 6.45) is -6.53. The Morgan fingerprint density at radius 2 is 0.747 bits per heavy atom. The molecule has 0 aromatic carbocycles. The Hall–Kier alpha value is -7.17. The maximum atomic E-state index is 14.1. The second kappa shape index (κ2) is 45.6. The zero-order valence-electron chi connectivity index (χ0n) is 59.8. The molecule has 3 aliphatic rings. The second-order valence-corrected chi connectivity index (χ2v) is 25.0. The van der Waals surface area contributed by atoms with Crippen LogP contribution in [0.25, 0.3) is 0 Å². The van der Waals surface area contributed by atoms with Crippen LogP contribution in [0.1, 0.15) is 167 Å². The van der Waals surface area contributed by atoms with Crippen LogP contribution in [0.5, 0.6) is 0 Å². The van der Waals surface area contributed by atoms with Crippen molar-refractivity contribution >= 4 is 77.2 Å². The Kier molecular flexibility index (Phi) is 39.6. The fraction of sp³-hybridized carbons (Fsp3) is 0.803. The van der Waals surface area contributed by atoms with E-state index in [9.17, 15) is 67.4 Å². The third kappa shape index (κ3) is 32.4. The van der Waals surface area contributed by atoms with Crippen LogP contribution in [0.2, 0.25) is 0 Å². The standard InChI is InChI=1S/C66H109N7O26/c1-14-50(83)63(87)73(28-21-26-67-54(84)23-15-18-32-88-64-57(69-41(5)74)38(2)60(94-47(11)80)51(97-64)35-91-44(8)77)30-22-29-72(56(86)25-17-20-34-90-66-59(71-43(7)76)40(4)62(96-49(13)82)53(99-66)37-93-46(10)79)31-27-68-55(85)24-16-19-33-89-65-58(70-42(6)75)39(3)61(95-48(12)81)52(98-65)36-92-45(9)78/h38-40,50-53,57-62,64-66,83H,14-37H2,1-13H3,(H,67,84)(H,68,85)(H,69,74)(H,70,75)(H,71,76)/t38-,39-,40-,50?,51?,52?,53?,57?,58?,59?,60-,61-,62-,64-,65-,66-/m1/s1. The molecule has 3 fully saturated rings. The molecule has 0 radical (unpaired) electrons. The van der Waals surface area contributed by atoms with Gasteiger partial charge in [-0.15, -0.1) is 0 Å². The van der Waals surface area contributed by atoms with Gasteiger partial charge < -0.3 is 98.3 Å². The van der Waals surface area contributed by atoms with Crippen molar-refractivity contribution in [2.75, 3.05) is 78.9 Å². The number of aliphatic hydroxyl groups is 1. The number of carbonyl (C=O) groups excluding carboxylic acids is 13. The average Bonchev–Trinajstić information content (AvgIpc) is 0.812. The Morgan fingerprint density at radius 1 is 0.414 bits per heavy atom. The zero-order chi connectivity index (χ0) is 73.9. The number of hydrogen-bond acceptors (Lipinski definition) is 26. The third-order valence-electron chi connectivity index (χ3n) is 16.6. The largest absolute Gasteiger partial charge is 0.463 e. The average molecular weight is 1420 g/mol. The molecular weight excluding hydrogens is 1310 g/mol. The van der Waals surface area contributed by atoms with Crippen molar-refractivity contribution in [1.82, 2.24) is 36.4 Å². The first-order valence-electron chi connectivity index (χ1n) is 34.2. The van der Waals surface area contributed by atoms with Crippen molar-refractivity contribution in [1.29, 1.82) is 0 Å². The minimum Gasteiger partial charge on any atom is -0.463 e. The fourth-order valence-electron chi connectivity index (χ4n) is 11.7. The van der Waals surface area contributed by atoms with Gasteiger partial charge in [-0.3, -0.25) is 62.3 Å². The lowest BCUT2D eigenvalue weighted by atomic mass is 9.88. The minimum absolute atomic E-state index is 0.0369. The van der Waals surface area contributed by atoms with Crippen molar-refractivity contribution in [3.8, 4) is 0 Å². The monoisotopic (exact) mass is 1420 g/mol. The van der Waals surface area contributed by atoms with Gasteiger partial charge in [-0.1, -0.05) is 27.7 Å². The molecule has 0 spiro atoms. The number of unbranched alkanes of at least 4 members (excludes halogenated alkanes) is 3. The topological polar surface area (TPSA) is 420 Å². The Balaban J connectivity index is 1.65. The van der Waals surface area contributed by atoms with Crippen LogP contribution < -0.4 is 26.6 Å². The van der Waals surface area contributed by atoms with Gasteiger partial charge in [-0.2, -0.15) is 0 Å². The molecule has 0 aliphatic carbocycles. The molecule has 0 aromatic heterocycles. The van der Waals surface area contributed by atoms with Gasteiger partial charge in [0.05, 0.1) is 18.1 Å². The lowest BCUT2D eigenvalue weighted by molar-refractivity contribution is -0.262. The van der Waals surface area contributed by atoms with E-state index in [1.807, 2.05) is 0 Å². The Bertz CT molecular complexity index is 2630. The number of hydrogen-bond donors (Lipinski definition) is 6. The number of rotatable bonds is 43. The summed E-state index contributed by atoms with van der Waals surface area (Å²) in [7, 11) is 0. The maximum absolute atomic E-state index is 14.1. The predicted molar refractivity (Wildman–Crippen MR) is 347 cm³/mol. The molecule has 3 saturated heterocycles.